The summed E-state index contributed by atoms with van der Waals surface area (Å²) in [5.74, 6) is 1.38. The fraction of sp³-hybridized carbons (Fsp3) is 0.0222. The molecule has 7 aromatic carbocycles. The molecule has 0 saturated heterocycles. The lowest BCUT2D eigenvalue weighted by atomic mass is 10.0. The van der Waals surface area contributed by atoms with Gasteiger partial charge >= 0.3 is 0 Å². The van der Waals surface area contributed by atoms with E-state index in [1.54, 1.807) is 0 Å². The van der Waals surface area contributed by atoms with Crippen LogP contribution in [0.5, 0.6) is 0 Å². The maximum Gasteiger partial charge on any atom is 0.234 e. The number of hydrogen-bond donors (Lipinski definition) is 1. The predicted molar refractivity (Wildman–Crippen MR) is 213 cm³/mol. The van der Waals surface area contributed by atoms with Gasteiger partial charge in [0, 0.05) is 47.3 Å². The van der Waals surface area contributed by atoms with Crippen LogP contribution in [0.1, 0.15) is 17.3 Å². The molecule has 10 aromatic rings. The van der Waals surface area contributed by atoms with Crippen LogP contribution in [0.3, 0.4) is 0 Å². The molecule has 0 amide bonds. The van der Waals surface area contributed by atoms with E-state index in [0.717, 1.165) is 55.5 Å². The van der Waals surface area contributed by atoms with Crippen LogP contribution in [-0.4, -0.2) is 16.4 Å². The summed E-state index contributed by atoms with van der Waals surface area (Å²) in [6.45, 7) is 0. The Kier molecular flexibility index (Phi) is 6.12. The molecule has 0 fully saturated rings. The highest BCUT2D eigenvalue weighted by atomic mass is 32.1. The molecule has 240 valence electrons. The fourth-order valence-electron chi connectivity index (χ4n) is 7.69. The molecule has 11 rings (SSSR count). The molecule has 1 atom stereocenters. The quantitative estimate of drug-likeness (QED) is 0.203. The Labute approximate surface area is 296 Å². The number of hydrogen-bond acceptors (Lipinski definition) is 5. The van der Waals surface area contributed by atoms with Crippen LogP contribution in [0.2, 0.25) is 0 Å². The number of nitrogens with one attached hydrogen (secondary N) is 1. The molecule has 1 unspecified atom stereocenters. The van der Waals surface area contributed by atoms with Crippen molar-refractivity contribution in [2.45, 2.75) is 6.17 Å². The number of para-hydroxylation sites is 2. The number of aliphatic imine (C=N–C) groups is 2. The maximum absolute atomic E-state index is 6.63. The van der Waals surface area contributed by atoms with Crippen molar-refractivity contribution in [3.05, 3.63) is 169 Å². The SMILES string of the molecule is c1ccc(C2N=C(n3c4ccccc4c4ccccc43)N=C(c3ccc4c(c3)oc3cc(-c5cccc6c5sc5ccccc56)ccc34)N2)cc1. The minimum atomic E-state index is -0.320. The van der Waals surface area contributed by atoms with E-state index in [1.165, 1.54) is 36.5 Å². The summed E-state index contributed by atoms with van der Waals surface area (Å²) in [4.78, 5) is 10.4. The summed E-state index contributed by atoms with van der Waals surface area (Å²) < 4.78 is 11.4. The largest absolute Gasteiger partial charge is 0.456 e. The first-order valence-corrected chi connectivity index (χ1v) is 17.9. The first-order chi connectivity index (χ1) is 25.3. The third kappa shape index (κ3) is 4.40. The van der Waals surface area contributed by atoms with Gasteiger partial charge < -0.3 is 9.73 Å². The molecule has 3 aromatic heterocycles. The third-order valence-corrected chi connectivity index (χ3v) is 11.3. The minimum absolute atomic E-state index is 0.320. The molecular formula is C45H28N4OS. The van der Waals surface area contributed by atoms with Gasteiger partial charge in [-0.2, -0.15) is 4.99 Å². The zero-order valence-corrected chi connectivity index (χ0v) is 28.1. The van der Waals surface area contributed by atoms with Gasteiger partial charge in [-0.25, -0.2) is 4.99 Å². The minimum Gasteiger partial charge on any atom is -0.456 e. The van der Waals surface area contributed by atoms with E-state index in [-0.39, 0.29) is 6.17 Å². The first-order valence-electron chi connectivity index (χ1n) is 17.1. The van der Waals surface area contributed by atoms with E-state index >= 15 is 0 Å². The molecule has 0 spiro atoms. The summed E-state index contributed by atoms with van der Waals surface area (Å²) in [7, 11) is 0. The molecule has 51 heavy (non-hydrogen) atoms. The van der Waals surface area contributed by atoms with Crippen molar-refractivity contribution in [3.63, 3.8) is 0 Å². The second-order valence-electron chi connectivity index (χ2n) is 13.0. The van der Waals surface area contributed by atoms with E-state index in [9.17, 15) is 0 Å². The van der Waals surface area contributed by atoms with Gasteiger partial charge in [0.05, 0.1) is 11.0 Å². The van der Waals surface area contributed by atoms with Crippen molar-refractivity contribution >= 4 is 87.0 Å². The smallest absolute Gasteiger partial charge is 0.234 e. The molecule has 6 heteroatoms. The number of furan rings is 1. The van der Waals surface area contributed by atoms with Crippen molar-refractivity contribution < 1.29 is 4.42 Å². The lowest BCUT2D eigenvalue weighted by Gasteiger charge is -2.24. The highest BCUT2D eigenvalue weighted by Crippen LogP contribution is 2.41. The second kappa shape index (κ2) is 11.0. The molecule has 1 N–H and O–H groups in total. The van der Waals surface area contributed by atoms with Crippen LogP contribution in [0.15, 0.2) is 172 Å². The Morgan fingerprint density at radius 2 is 1.18 bits per heavy atom. The lowest BCUT2D eigenvalue weighted by molar-refractivity contribution is 0.664. The number of nitrogens with zero attached hydrogens (tertiary/aromatic N) is 3. The van der Waals surface area contributed by atoms with Crippen LogP contribution < -0.4 is 5.32 Å². The monoisotopic (exact) mass is 672 g/mol. The number of fused-ring (bicyclic) bond motifs is 9. The van der Waals surface area contributed by atoms with Crippen LogP contribution in [0, 0.1) is 0 Å². The average molecular weight is 673 g/mol. The van der Waals surface area contributed by atoms with Gasteiger partial charge in [0.15, 0.2) is 0 Å². The van der Waals surface area contributed by atoms with Crippen molar-refractivity contribution in [1.29, 1.82) is 0 Å². The Balaban J connectivity index is 1.05. The zero-order chi connectivity index (χ0) is 33.5. The van der Waals surface area contributed by atoms with E-state index in [0.29, 0.717) is 5.96 Å². The topological polar surface area (TPSA) is 54.8 Å². The molecule has 1 aliphatic heterocycles. The highest BCUT2D eigenvalue weighted by molar-refractivity contribution is 7.26. The van der Waals surface area contributed by atoms with Gasteiger partial charge in [0.25, 0.3) is 0 Å². The third-order valence-electron chi connectivity index (χ3n) is 10.1. The number of amidine groups is 1. The van der Waals surface area contributed by atoms with Crippen LogP contribution in [0.25, 0.3) is 75.0 Å². The standard InChI is InChI=1S/C45H28N4OS/c1-2-11-27(12-3-1)43-46-44(48-45(47-43)49-37-18-7-4-13-31(37)32-14-5-8-19-38(32)49)29-22-24-34-33-23-21-28(25-39(33)50-40(34)26-29)30-16-10-17-36-35-15-6-9-20-41(35)51-42(30)36/h1-26,43H,(H,46,47,48). The Hall–Kier alpha value is -6.50. The van der Waals surface area contributed by atoms with Gasteiger partial charge in [0.1, 0.15) is 23.2 Å². The van der Waals surface area contributed by atoms with E-state index in [1.807, 2.05) is 29.5 Å². The maximum atomic E-state index is 6.63. The summed E-state index contributed by atoms with van der Waals surface area (Å²) in [5, 5.41) is 10.8. The Morgan fingerprint density at radius 1 is 0.549 bits per heavy atom. The van der Waals surface area contributed by atoms with E-state index in [2.05, 4.69) is 149 Å². The van der Waals surface area contributed by atoms with Gasteiger partial charge in [-0.1, -0.05) is 115 Å². The van der Waals surface area contributed by atoms with Gasteiger partial charge in [-0.05, 0) is 59.2 Å². The fourth-order valence-corrected chi connectivity index (χ4v) is 8.93. The number of aromatic nitrogens is 1. The molecule has 0 radical (unpaired) electrons. The molecule has 0 aliphatic carbocycles. The molecule has 0 bridgehead atoms. The normalized spacial score (nSPS) is 14.9. The van der Waals surface area contributed by atoms with Crippen molar-refractivity contribution in [1.82, 2.24) is 9.88 Å². The number of thiophene rings is 1. The van der Waals surface area contributed by atoms with Crippen LogP contribution >= 0.6 is 11.3 Å². The number of benzene rings is 7. The molecule has 4 heterocycles. The van der Waals surface area contributed by atoms with E-state index < -0.39 is 0 Å². The van der Waals surface area contributed by atoms with Crippen LogP contribution in [0.4, 0.5) is 0 Å². The van der Waals surface area contributed by atoms with Crippen molar-refractivity contribution in [2.75, 3.05) is 0 Å². The highest BCUT2D eigenvalue weighted by Gasteiger charge is 2.24. The second-order valence-corrected chi connectivity index (χ2v) is 14.1. The first kappa shape index (κ1) is 28.3. The summed E-state index contributed by atoms with van der Waals surface area (Å²) >= 11 is 1.85. The molecule has 0 saturated carbocycles. The average Bonchev–Trinajstić information content (AvgIpc) is 3.87. The summed E-state index contributed by atoms with van der Waals surface area (Å²) in [5.41, 5.74) is 8.21. The lowest BCUT2D eigenvalue weighted by Crippen LogP contribution is -2.35. The summed E-state index contributed by atoms with van der Waals surface area (Å²) in [6.07, 6.45) is -0.320. The zero-order valence-electron chi connectivity index (χ0n) is 27.2. The van der Waals surface area contributed by atoms with E-state index in [4.69, 9.17) is 14.4 Å². The molecular weight excluding hydrogens is 645 g/mol. The summed E-state index contributed by atoms with van der Waals surface area (Å²) in [6, 6.07) is 55.5. The Bertz CT molecular complexity index is 3020. The van der Waals surface area contributed by atoms with Crippen molar-refractivity contribution in [2.24, 2.45) is 9.98 Å². The van der Waals surface area contributed by atoms with Gasteiger partial charge in [0.2, 0.25) is 5.96 Å². The predicted octanol–water partition coefficient (Wildman–Crippen LogP) is 11.7. The van der Waals surface area contributed by atoms with Gasteiger partial charge in [-0.15, -0.1) is 11.3 Å². The molecule has 1 aliphatic rings. The van der Waals surface area contributed by atoms with Crippen LogP contribution in [-0.2, 0) is 0 Å². The number of rotatable bonds is 3. The van der Waals surface area contributed by atoms with Crippen molar-refractivity contribution in [3.8, 4) is 11.1 Å². The molecule has 5 nitrogen and oxygen atoms in total. The Morgan fingerprint density at radius 3 is 1.94 bits per heavy atom. The van der Waals surface area contributed by atoms with Gasteiger partial charge in [-0.3, -0.25) is 4.57 Å².